The molecule has 1 saturated heterocycles. The molecular formula is C13H24ClN3O2. The standard InChI is InChI=1S/C13H23N3O2.ClH/c17-12(16-10-5-6-10)4-2-8-15-13(18)9-11-3-1-7-14-11;/h10-11,14H,1-9H2,(H,15,18)(H,16,17);1H. The SMILES string of the molecule is Cl.O=C(CC1CCCN1)NCCCC(=O)NC1CC1. The first-order chi connectivity index (χ1) is 8.74. The molecule has 1 atom stereocenters. The number of carbonyl (C=O) groups is 2. The van der Waals surface area contributed by atoms with E-state index in [0.717, 1.165) is 32.2 Å². The smallest absolute Gasteiger partial charge is 0.221 e. The molecule has 1 aliphatic carbocycles. The van der Waals surface area contributed by atoms with Crippen LogP contribution in [-0.2, 0) is 9.59 Å². The summed E-state index contributed by atoms with van der Waals surface area (Å²) in [6.07, 6.45) is 6.30. The molecule has 0 bridgehead atoms. The minimum absolute atomic E-state index is 0. The normalized spacial score (nSPS) is 21.6. The monoisotopic (exact) mass is 289 g/mol. The lowest BCUT2D eigenvalue weighted by Crippen LogP contribution is -2.33. The van der Waals surface area contributed by atoms with E-state index in [2.05, 4.69) is 16.0 Å². The summed E-state index contributed by atoms with van der Waals surface area (Å²) in [4.78, 5) is 23.0. The van der Waals surface area contributed by atoms with Gasteiger partial charge in [-0.1, -0.05) is 0 Å². The summed E-state index contributed by atoms with van der Waals surface area (Å²) in [5.41, 5.74) is 0. The molecule has 0 aromatic heterocycles. The average molecular weight is 290 g/mol. The Morgan fingerprint density at radius 2 is 1.95 bits per heavy atom. The largest absolute Gasteiger partial charge is 0.356 e. The number of nitrogens with one attached hydrogen (secondary N) is 3. The highest BCUT2D eigenvalue weighted by Gasteiger charge is 2.22. The van der Waals surface area contributed by atoms with Crippen LogP contribution in [0.25, 0.3) is 0 Å². The van der Waals surface area contributed by atoms with Crippen LogP contribution in [0.3, 0.4) is 0 Å². The predicted molar refractivity (Wildman–Crippen MR) is 76.3 cm³/mol. The summed E-state index contributed by atoms with van der Waals surface area (Å²) in [7, 11) is 0. The molecule has 2 amide bonds. The van der Waals surface area contributed by atoms with Crippen LogP contribution in [0.2, 0.25) is 0 Å². The zero-order chi connectivity index (χ0) is 12.8. The molecule has 19 heavy (non-hydrogen) atoms. The van der Waals surface area contributed by atoms with Gasteiger partial charge in [-0.25, -0.2) is 0 Å². The molecule has 5 nitrogen and oxygen atoms in total. The zero-order valence-corrected chi connectivity index (χ0v) is 12.1. The van der Waals surface area contributed by atoms with Crippen LogP contribution in [-0.4, -0.2) is 37.0 Å². The Morgan fingerprint density at radius 3 is 2.58 bits per heavy atom. The van der Waals surface area contributed by atoms with Gasteiger partial charge in [0.15, 0.2) is 0 Å². The van der Waals surface area contributed by atoms with Crippen LogP contribution in [0.5, 0.6) is 0 Å². The van der Waals surface area contributed by atoms with Gasteiger partial charge in [0.25, 0.3) is 0 Å². The van der Waals surface area contributed by atoms with E-state index in [1.165, 1.54) is 6.42 Å². The van der Waals surface area contributed by atoms with Gasteiger partial charge in [0, 0.05) is 31.5 Å². The average Bonchev–Trinajstić information content (AvgIpc) is 2.99. The second-order valence-corrected chi connectivity index (χ2v) is 5.29. The Bertz CT molecular complexity index is 302. The maximum Gasteiger partial charge on any atom is 0.221 e. The summed E-state index contributed by atoms with van der Waals surface area (Å²) >= 11 is 0. The minimum Gasteiger partial charge on any atom is -0.356 e. The van der Waals surface area contributed by atoms with Crippen LogP contribution in [0.15, 0.2) is 0 Å². The molecule has 2 aliphatic rings. The van der Waals surface area contributed by atoms with E-state index >= 15 is 0 Å². The van der Waals surface area contributed by atoms with Crippen molar-refractivity contribution >= 4 is 24.2 Å². The van der Waals surface area contributed by atoms with Gasteiger partial charge in [-0.3, -0.25) is 9.59 Å². The van der Waals surface area contributed by atoms with Gasteiger partial charge in [-0.05, 0) is 38.6 Å². The van der Waals surface area contributed by atoms with Crippen molar-refractivity contribution in [2.24, 2.45) is 0 Å². The van der Waals surface area contributed by atoms with Gasteiger partial charge in [-0.2, -0.15) is 0 Å². The molecule has 6 heteroatoms. The maximum atomic E-state index is 11.6. The van der Waals surface area contributed by atoms with Crippen LogP contribution in [0.1, 0.15) is 44.9 Å². The Balaban J connectivity index is 0.00000180. The second kappa shape index (κ2) is 8.38. The molecule has 2 rings (SSSR count). The number of rotatable bonds is 7. The zero-order valence-electron chi connectivity index (χ0n) is 11.2. The van der Waals surface area contributed by atoms with Crippen LogP contribution >= 0.6 is 12.4 Å². The minimum atomic E-state index is 0. The molecular weight excluding hydrogens is 266 g/mol. The third kappa shape index (κ3) is 6.78. The number of hydrogen-bond acceptors (Lipinski definition) is 3. The van der Waals surface area contributed by atoms with Crippen LogP contribution in [0.4, 0.5) is 0 Å². The fraction of sp³-hybridized carbons (Fsp3) is 0.846. The molecule has 3 N–H and O–H groups in total. The molecule has 1 heterocycles. The van der Waals surface area contributed by atoms with Crippen molar-refractivity contribution in [1.29, 1.82) is 0 Å². The number of hydrogen-bond donors (Lipinski definition) is 3. The molecule has 0 aromatic carbocycles. The third-order valence-electron chi connectivity index (χ3n) is 3.44. The van der Waals surface area contributed by atoms with Crippen molar-refractivity contribution in [1.82, 2.24) is 16.0 Å². The molecule has 0 aromatic rings. The van der Waals surface area contributed by atoms with E-state index in [-0.39, 0.29) is 24.2 Å². The summed E-state index contributed by atoms with van der Waals surface area (Å²) in [5, 5.41) is 9.11. The van der Waals surface area contributed by atoms with E-state index in [1.807, 2.05) is 0 Å². The molecule has 2 fully saturated rings. The van der Waals surface area contributed by atoms with Crippen molar-refractivity contribution in [3.8, 4) is 0 Å². The van der Waals surface area contributed by atoms with E-state index in [9.17, 15) is 9.59 Å². The fourth-order valence-electron chi connectivity index (χ4n) is 2.23. The number of halogens is 1. The first kappa shape index (κ1) is 16.2. The Labute approximate surface area is 120 Å². The predicted octanol–water partition coefficient (Wildman–Crippen LogP) is 0.725. The highest BCUT2D eigenvalue weighted by molar-refractivity contribution is 5.85. The molecule has 0 radical (unpaired) electrons. The molecule has 1 aliphatic heterocycles. The van der Waals surface area contributed by atoms with Crippen molar-refractivity contribution in [3.05, 3.63) is 0 Å². The van der Waals surface area contributed by atoms with Crippen molar-refractivity contribution in [2.45, 2.75) is 57.0 Å². The summed E-state index contributed by atoms with van der Waals surface area (Å²) in [6.45, 7) is 1.63. The molecule has 0 spiro atoms. The highest BCUT2D eigenvalue weighted by Crippen LogP contribution is 2.18. The maximum absolute atomic E-state index is 11.6. The topological polar surface area (TPSA) is 70.2 Å². The number of amides is 2. The van der Waals surface area contributed by atoms with Crippen LogP contribution in [0, 0.1) is 0 Å². The first-order valence-corrected chi connectivity index (χ1v) is 7.03. The quantitative estimate of drug-likeness (QED) is 0.605. The Hall–Kier alpha value is -0.810. The van der Waals surface area contributed by atoms with Gasteiger partial charge in [0.05, 0.1) is 0 Å². The summed E-state index contributed by atoms with van der Waals surface area (Å²) < 4.78 is 0. The van der Waals surface area contributed by atoms with E-state index in [0.29, 0.717) is 31.5 Å². The Morgan fingerprint density at radius 1 is 1.16 bits per heavy atom. The van der Waals surface area contributed by atoms with Gasteiger partial charge < -0.3 is 16.0 Å². The highest BCUT2D eigenvalue weighted by atomic mass is 35.5. The summed E-state index contributed by atoms with van der Waals surface area (Å²) in [6, 6.07) is 0.781. The van der Waals surface area contributed by atoms with Crippen molar-refractivity contribution in [2.75, 3.05) is 13.1 Å². The number of carbonyl (C=O) groups excluding carboxylic acids is 2. The van der Waals surface area contributed by atoms with E-state index in [1.54, 1.807) is 0 Å². The lowest BCUT2D eigenvalue weighted by molar-refractivity contribution is -0.123. The third-order valence-corrected chi connectivity index (χ3v) is 3.44. The van der Waals surface area contributed by atoms with Gasteiger partial charge >= 0.3 is 0 Å². The van der Waals surface area contributed by atoms with Crippen molar-refractivity contribution < 1.29 is 9.59 Å². The van der Waals surface area contributed by atoms with E-state index in [4.69, 9.17) is 0 Å². The molecule has 110 valence electrons. The first-order valence-electron chi connectivity index (χ1n) is 7.03. The lowest BCUT2D eigenvalue weighted by Gasteiger charge is -2.10. The Kier molecular flexibility index (Phi) is 7.16. The van der Waals surface area contributed by atoms with Crippen LogP contribution < -0.4 is 16.0 Å². The fourth-order valence-corrected chi connectivity index (χ4v) is 2.23. The van der Waals surface area contributed by atoms with Gasteiger partial charge in [0.1, 0.15) is 0 Å². The van der Waals surface area contributed by atoms with Crippen molar-refractivity contribution in [3.63, 3.8) is 0 Å². The van der Waals surface area contributed by atoms with E-state index < -0.39 is 0 Å². The van der Waals surface area contributed by atoms with Gasteiger partial charge in [0.2, 0.25) is 11.8 Å². The summed E-state index contributed by atoms with van der Waals surface area (Å²) in [5.74, 6) is 0.209. The molecule has 1 unspecified atom stereocenters. The van der Waals surface area contributed by atoms with Gasteiger partial charge in [-0.15, -0.1) is 12.4 Å². The molecule has 1 saturated carbocycles. The second-order valence-electron chi connectivity index (χ2n) is 5.29. The lowest BCUT2D eigenvalue weighted by atomic mass is 10.1.